The zero-order valence-corrected chi connectivity index (χ0v) is 20.1. The lowest BCUT2D eigenvalue weighted by molar-refractivity contribution is -0.116. The second-order valence-corrected chi connectivity index (χ2v) is 8.08. The quantitative estimate of drug-likeness (QED) is 0.336. The minimum Gasteiger partial charge on any atom is -0.493 e. The molecular weight excluding hydrogens is 479 g/mol. The minimum absolute atomic E-state index is 0.0424. The SMILES string of the molecule is COc1cc(C=C2C(=O)N(c3ccc(Cl)cc3)N(c3ccc(Cl)cc3)C2=O)cc(OC)c1OC. The number of carbonyl (C=O) groups is 2. The molecule has 1 heterocycles. The van der Waals surface area contributed by atoms with Crippen LogP contribution in [-0.4, -0.2) is 33.1 Å². The first kappa shape index (κ1) is 23.5. The number of amides is 2. The van der Waals surface area contributed by atoms with Gasteiger partial charge in [-0.1, -0.05) is 23.2 Å². The predicted octanol–water partition coefficient (Wildman–Crippen LogP) is 5.40. The third kappa shape index (κ3) is 4.27. The normalized spacial score (nSPS) is 13.4. The molecule has 1 aliphatic heterocycles. The van der Waals surface area contributed by atoms with Crippen LogP contribution in [0.2, 0.25) is 10.0 Å². The first-order valence-corrected chi connectivity index (χ1v) is 10.8. The van der Waals surface area contributed by atoms with Crippen LogP contribution in [0.15, 0.2) is 66.2 Å². The predicted molar refractivity (Wildman–Crippen MR) is 132 cm³/mol. The largest absolute Gasteiger partial charge is 0.493 e. The molecule has 3 aromatic carbocycles. The van der Waals surface area contributed by atoms with Gasteiger partial charge in [-0.2, -0.15) is 0 Å². The Labute approximate surface area is 206 Å². The maximum Gasteiger partial charge on any atom is 0.283 e. The first-order valence-electron chi connectivity index (χ1n) is 10.1. The molecule has 0 bridgehead atoms. The molecule has 0 radical (unpaired) electrons. The summed E-state index contributed by atoms with van der Waals surface area (Å²) < 4.78 is 16.1. The lowest BCUT2D eigenvalue weighted by Crippen LogP contribution is -2.41. The summed E-state index contributed by atoms with van der Waals surface area (Å²) >= 11 is 12.1. The Morgan fingerprint density at radius 3 is 1.44 bits per heavy atom. The summed E-state index contributed by atoms with van der Waals surface area (Å²) in [5, 5.41) is 3.61. The van der Waals surface area contributed by atoms with Crippen molar-refractivity contribution in [1.29, 1.82) is 0 Å². The average molecular weight is 499 g/mol. The standard InChI is InChI=1S/C25H20Cl2N2O5/c1-32-21-13-15(14-22(33-2)23(21)34-3)12-20-24(30)28(18-8-4-16(26)5-9-18)29(25(20)31)19-10-6-17(27)7-11-19/h4-14H,1-3H3. The number of hydrazine groups is 1. The molecule has 1 aliphatic rings. The van der Waals surface area contributed by atoms with E-state index in [-0.39, 0.29) is 5.57 Å². The molecule has 7 nitrogen and oxygen atoms in total. The second kappa shape index (κ2) is 9.67. The van der Waals surface area contributed by atoms with Crippen LogP contribution in [-0.2, 0) is 9.59 Å². The van der Waals surface area contributed by atoms with E-state index in [1.807, 2.05) is 0 Å². The molecule has 0 unspecified atom stereocenters. The van der Waals surface area contributed by atoms with Gasteiger partial charge in [0.25, 0.3) is 11.8 Å². The van der Waals surface area contributed by atoms with Crippen molar-refractivity contribution in [3.63, 3.8) is 0 Å². The molecule has 0 saturated carbocycles. The molecule has 0 aliphatic carbocycles. The molecular formula is C25H20Cl2N2O5. The van der Waals surface area contributed by atoms with E-state index in [0.717, 1.165) is 0 Å². The fourth-order valence-corrected chi connectivity index (χ4v) is 3.86. The van der Waals surface area contributed by atoms with Crippen molar-refractivity contribution in [3.05, 3.63) is 81.8 Å². The van der Waals surface area contributed by atoms with Crippen LogP contribution in [0, 0.1) is 0 Å². The maximum absolute atomic E-state index is 13.5. The third-order valence-electron chi connectivity index (χ3n) is 5.19. The summed E-state index contributed by atoms with van der Waals surface area (Å²) in [6.45, 7) is 0. The minimum atomic E-state index is -0.504. The van der Waals surface area contributed by atoms with Gasteiger partial charge in [0.1, 0.15) is 5.57 Å². The fourth-order valence-electron chi connectivity index (χ4n) is 3.61. The van der Waals surface area contributed by atoms with Crippen molar-refractivity contribution < 1.29 is 23.8 Å². The third-order valence-corrected chi connectivity index (χ3v) is 5.69. The molecule has 174 valence electrons. The Hall–Kier alpha value is -3.68. The zero-order chi connectivity index (χ0) is 24.4. The van der Waals surface area contributed by atoms with Crippen LogP contribution < -0.4 is 24.2 Å². The first-order chi connectivity index (χ1) is 16.4. The number of ether oxygens (including phenoxy) is 3. The van der Waals surface area contributed by atoms with E-state index in [0.29, 0.717) is 44.2 Å². The Balaban J connectivity index is 1.85. The smallest absolute Gasteiger partial charge is 0.283 e. The number of hydrogen-bond donors (Lipinski definition) is 0. The molecule has 0 spiro atoms. The van der Waals surface area contributed by atoms with Crippen LogP contribution in [0.4, 0.5) is 11.4 Å². The number of halogens is 2. The van der Waals surface area contributed by atoms with E-state index in [4.69, 9.17) is 37.4 Å². The summed E-state index contributed by atoms with van der Waals surface area (Å²) in [5.74, 6) is 0.195. The van der Waals surface area contributed by atoms with Gasteiger partial charge < -0.3 is 14.2 Å². The summed E-state index contributed by atoms with van der Waals surface area (Å²) in [6.07, 6.45) is 1.49. The monoisotopic (exact) mass is 498 g/mol. The van der Waals surface area contributed by atoms with Gasteiger partial charge in [-0.3, -0.25) is 9.59 Å². The van der Waals surface area contributed by atoms with E-state index in [1.165, 1.54) is 37.4 Å². The molecule has 0 atom stereocenters. The van der Waals surface area contributed by atoms with Crippen molar-refractivity contribution in [2.45, 2.75) is 0 Å². The van der Waals surface area contributed by atoms with Crippen molar-refractivity contribution in [2.75, 3.05) is 31.3 Å². The number of anilines is 2. The van der Waals surface area contributed by atoms with Crippen LogP contribution in [0.25, 0.3) is 6.08 Å². The van der Waals surface area contributed by atoms with Crippen LogP contribution in [0.3, 0.4) is 0 Å². The van der Waals surface area contributed by atoms with Gasteiger partial charge in [-0.15, -0.1) is 0 Å². The zero-order valence-electron chi connectivity index (χ0n) is 18.5. The molecule has 1 saturated heterocycles. The second-order valence-electron chi connectivity index (χ2n) is 7.20. The number of benzene rings is 3. The van der Waals surface area contributed by atoms with Crippen molar-refractivity contribution in [2.24, 2.45) is 0 Å². The molecule has 9 heteroatoms. The Morgan fingerprint density at radius 2 is 1.09 bits per heavy atom. The molecule has 34 heavy (non-hydrogen) atoms. The molecule has 0 N–H and O–H groups in total. The van der Waals surface area contributed by atoms with Crippen molar-refractivity contribution >= 4 is 52.5 Å². The highest BCUT2D eigenvalue weighted by Crippen LogP contribution is 2.40. The molecule has 4 rings (SSSR count). The molecule has 0 aromatic heterocycles. The maximum atomic E-state index is 13.5. The van der Waals surface area contributed by atoms with Gasteiger partial charge in [-0.05, 0) is 72.3 Å². The summed E-state index contributed by atoms with van der Waals surface area (Å²) in [7, 11) is 4.48. The van der Waals surface area contributed by atoms with Crippen molar-refractivity contribution in [3.8, 4) is 17.2 Å². The van der Waals surface area contributed by atoms with E-state index < -0.39 is 11.8 Å². The van der Waals surface area contributed by atoms with E-state index in [1.54, 1.807) is 60.7 Å². The molecule has 3 aromatic rings. The van der Waals surface area contributed by atoms with E-state index in [2.05, 4.69) is 0 Å². The highest BCUT2D eigenvalue weighted by atomic mass is 35.5. The van der Waals surface area contributed by atoms with Gasteiger partial charge >= 0.3 is 0 Å². The molecule has 2 amide bonds. The fraction of sp³-hybridized carbons (Fsp3) is 0.120. The summed E-state index contributed by atoms with van der Waals surface area (Å²) in [5.41, 5.74) is 1.44. The lowest BCUT2D eigenvalue weighted by atomic mass is 10.1. The Bertz CT molecular complexity index is 1180. The number of methoxy groups -OCH3 is 3. The highest BCUT2D eigenvalue weighted by molar-refractivity contribution is 6.38. The topological polar surface area (TPSA) is 68.3 Å². The number of hydrogen-bond acceptors (Lipinski definition) is 5. The van der Waals surface area contributed by atoms with Gasteiger partial charge in [0.2, 0.25) is 5.75 Å². The van der Waals surface area contributed by atoms with Crippen LogP contribution >= 0.6 is 23.2 Å². The summed E-state index contributed by atoms with van der Waals surface area (Å²) in [4.78, 5) is 27.1. The van der Waals surface area contributed by atoms with Gasteiger partial charge in [0.05, 0.1) is 32.7 Å². The Kier molecular flexibility index (Phi) is 6.68. The molecule has 1 fully saturated rings. The number of carbonyl (C=O) groups excluding carboxylic acids is 2. The van der Waals surface area contributed by atoms with E-state index in [9.17, 15) is 9.59 Å². The number of rotatable bonds is 6. The highest BCUT2D eigenvalue weighted by Gasteiger charge is 2.43. The average Bonchev–Trinajstić information content (AvgIpc) is 3.09. The van der Waals surface area contributed by atoms with E-state index >= 15 is 0 Å². The summed E-state index contributed by atoms with van der Waals surface area (Å²) in [6, 6.07) is 16.6. The van der Waals surface area contributed by atoms with Crippen molar-refractivity contribution in [1.82, 2.24) is 0 Å². The Morgan fingerprint density at radius 1 is 0.676 bits per heavy atom. The lowest BCUT2D eigenvalue weighted by Gasteiger charge is -2.27. The number of nitrogens with zero attached hydrogens (tertiary/aromatic N) is 2. The van der Waals surface area contributed by atoms with Crippen LogP contribution in [0.5, 0.6) is 17.2 Å². The van der Waals surface area contributed by atoms with Crippen LogP contribution in [0.1, 0.15) is 5.56 Å². The van der Waals surface area contributed by atoms with Gasteiger partial charge in [0.15, 0.2) is 11.5 Å². The van der Waals surface area contributed by atoms with Gasteiger partial charge in [0, 0.05) is 10.0 Å². The van der Waals surface area contributed by atoms with Gasteiger partial charge in [-0.25, -0.2) is 10.0 Å².